The molecule has 2 N–H and O–H groups in total. The maximum Gasteiger partial charge on any atom is 0.248 e. The molecule has 0 bridgehead atoms. The van der Waals surface area contributed by atoms with Gasteiger partial charge in [0.05, 0.1) is 0 Å². The van der Waals surface area contributed by atoms with Crippen molar-refractivity contribution in [1.82, 2.24) is 14.8 Å². The Hall–Kier alpha value is -2.95. The van der Waals surface area contributed by atoms with Gasteiger partial charge in [0.15, 0.2) is 5.82 Å². The lowest BCUT2D eigenvalue weighted by molar-refractivity contribution is 0.100. The van der Waals surface area contributed by atoms with Gasteiger partial charge >= 0.3 is 0 Å². The number of benzene rings is 2. The zero-order chi connectivity index (χ0) is 14.8. The van der Waals surface area contributed by atoms with Crippen molar-refractivity contribution in [2.75, 3.05) is 0 Å². The molecule has 0 aliphatic carbocycles. The molecule has 5 heteroatoms. The van der Waals surface area contributed by atoms with Gasteiger partial charge in [-0.25, -0.2) is 0 Å². The zero-order valence-electron chi connectivity index (χ0n) is 11.5. The summed E-state index contributed by atoms with van der Waals surface area (Å²) in [6, 6.07) is 15.1. The molecule has 21 heavy (non-hydrogen) atoms. The number of hydrogen-bond donors (Lipinski definition) is 1. The van der Waals surface area contributed by atoms with Gasteiger partial charge in [-0.3, -0.25) is 4.79 Å². The van der Waals surface area contributed by atoms with Crippen LogP contribution < -0.4 is 5.73 Å². The predicted octanol–water partition coefficient (Wildman–Crippen LogP) is 2.25. The smallest absolute Gasteiger partial charge is 0.248 e. The molecule has 0 fully saturated rings. The molecule has 0 saturated carbocycles. The summed E-state index contributed by atoms with van der Waals surface area (Å²) >= 11 is 0. The van der Waals surface area contributed by atoms with Crippen LogP contribution in [0.1, 0.15) is 10.4 Å². The van der Waals surface area contributed by atoms with Gasteiger partial charge in [0.25, 0.3) is 0 Å². The summed E-state index contributed by atoms with van der Waals surface area (Å²) in [5.41, 5.74) is 8.70. The fraction of sp³-hybridized carbons (Fsp3) is 0.0625. The minimum absolute atomic E-state index is 0.437. The number of nitrogens with zero attached hydrogens (tertiary/aromatic N) is 3. The van der Waals surface area contributed by atoms with Crippen LogP contribution >= 0.6 is 0 Å². The van der Waals surface area contributed by atoms with E-state index < -0.39 is 5.91 Å². The number of carbonyl (C=O) groups is 1. The lowest BCUT2D eigenvalue weighted by Gasteiger charge is -2.09. The molecule has 0 saturated heterocycles. The highest BCUT2D eigenvalue weighted by Crippen LogP contribution is 2.30. The number of rotatable bonds is 3. The Bertz CT molecular complexity index is 807. The van der Waals surface area contributed by atoms with E-state index in [0.29, 0.717) is 5.56 Å². The average molecular weight is 278 g/mol. The fourth-order valence-electron chi connectivity index (χ4n) is 2.30. The van der Waals surface area contributed by atoms with Crippen molar-refractivity contribution in [3.8, 4) is 22.5 Å². The topological polar surface area (TPSA) is 73.8 Å². The summed E-state index contributed by atoms with van der Waals surface area (Å²) in [5, 5.41) is 8.07. The highest BCUT2D eigenvalue weighted by molar-refractivity contribution is 5.94. The van der Waals surface area contributed by atoms with E-state index >= 15 is 0 Å². The van der Waals surface area contributed by atoms with Crippen LogP contribution in [0, 0.1) is 0 Å². The Morgan fingerprint density at radius 2 is 1.86 bits per heavy atom. The normalized spacial score (nSPS) is 10.5. The second-order valence-electron chi connectivity index (χ2n) is 4.76. The quantitative estimate of drug-likeness (QED) is 0.798. The first-order valence-corrected chi connectivity index (χ1v) is 6.50. The SMILES string of the molecule is Cn1cnnc1-c1ccccc1-c1cccc(C(N)=O)c1. The first-order chi connectivity index (χ1) is 10.2. The molecule has 3 rings (SSSR count). The van der Waals surface area contributed by atoms with Crippen LogP contribution in [0.5, 0.6) is 0 Å². The second-order valence-corrected chi connectivity index (χ2v) is 4.76. The van der Waals surface area contributed by atoms with Gasteiger partial charge in [-0.15, -0.1) is 10.2 Å². The van der Waals surface area contributed by atoms with Gasteiger partial charge in [-0.1, -0.05) is 36.4 Å². The molecule has 3 aromatic rings. The molecule has 0 aliphatic rings. The monoisotopic (exact) mass is 278 g/mol. The first-order valence-electron chi connectivity index (χ1n) is 6.50. The Morgan fingerprint density at radius 1 is 1.10 bits per heavy atom. The van der Waals surface area contributed by atoms with Crippen molar-refractivity contribution in [2.24, 2.45) is 12.8 Å². The molecule has 0 unspecified atom stereocenters. The van der Waals surface area contributed by atoms with Gasteiger partial charge < -0.3 is 10.3 Å². The van der Waals surface area contributed by atoms with Gasteiger partial charge in [-0.05, 0) is 23.3 Å². The minimum atomic E-state index is -0.437. The third-order valence-electron chi connectivity index (χ3n) is 3.34. The molecule has 0 spiro atoms. The van der Waals surface area contributed by atoms with Crippen molar-refractivity contribution >= 4 is 5.91 Å². The van der Waals surface area contributed by atoms with E-state index in [1.165, 1.54) is 0 Å². The molecule has 0 aliphatic heterocycles. The maximum absolute atomic E-state index is 11.3. The number of aromatic nitrogens is 3. The lowest BCUT2D eigenvalue weighted by atomic mass is 9.97. The standard InChI is InChI=1S/C16H14N4O/c1-20-10-18-19-16(20)14-8-3-2-7-13(14)11-5-4-6-12(9-11)15(17)21/h2-10H,1H3,(H2,17,21). The second kappa shape index (κ2) is 5.20. The van der Waals surface area contributed by atoms with Crippen LogP contribution in [0.15, 0.2) is 54.9 Å². The average Bonchev–Trinajstić information content (AvgIpc) is 2.93. The molecular weight excluding hydrogens is 264 g/mol. The van der Waals surface area contributed by atoms with Crippen molar-refractivity contribution in [3.05, 3.63) is 60.4 Å². The molecule has 0 radical (unpaired) electrons. The summed E-state index contributed by atoms with van der Waals surface area (Å²) in [4.78, 5) is 11.3. The van der Waals surface area contributed by atoms with Gasteiger partial charge in [0, 0.05) is 18.2 Å². The summed E-state index contributed by atoms with van der Waals surface area (Å²) in [6.45, 7) is 0. The molecule has 0 atom stereocenters. The Labute approximate surface area is 122 Å². The number of nitrogens with two attached hydrogens (primary N) is 1. The third kappa shape index (κ3) is 2.41. The van der Waals surface area contributed by atoms with Gasteiger partial charge in [0.1, 0.15) is 6.33 Å². The number of aryl methyl sites for hydroxylation is 1. The van der Waals surface area contributed by atoms with Crippen LogP contribution in [-0.2, 0) is 7.05 Å². The highest BCUT2D eigenvalue weighted by atomic mass is 16.1. The Morgan fingerprint density at radius 3 is 2.52 bits per heavy atom. The number of primary amides is 1. The van der Waals surface area contributed by atoms with Crippen molar-refractivity contribution in [3.63, 3.8) is 0 Å². The van der Waals surface area contributed by atoms with E-state index in [1.54, 1.807) is 18.5 Å². The summed E-state index contributed by atoms with van der Waals surface area (Å²) in [5.74, 6) is 0.336. The zero-order valence-corrected chi connectivity index (χ0v) is 11.5. The largest absolute Gasteiger partial charge is 0.366 e. The fourth-order valence-corrected chi connectivity index (χ4v) is 2.30. The molecule has 1 amide bonds. The van der Waals surface area contributed by atoms with Crippen molar-refractivity contribution in [2.45, 2.75) is 0 Å². The van der Waals surface area contributed by atoms with E-state index in [2.05, 4.69) is 10.2 Å². The molecule has 2 aromatic carbocycles. The van der Waals surface area contributed by atoms with Gasteiger partial charge in [-0.2, -0.15) is 0 Å². The number of carbonyl (C=O) groups excluding carboxylic acids is 1. The van der Waals surface area contributed by atoms with Crippen LogP contribution in [0.4, 0.5) is 0 Å². The van der Waals surface area contributed by atoms with Crippen LogP contribution in [0.25, 0.3) is 22.5 Å². The van der Waals surface area contributed by atoms with Gasteiger partial charge in [0.2, 0.25) is 5.91 Å². The lowest BCUT2D eigenvalue weighted by Crippen LogP contribution is -2.10. The molecule has 1 aromatic heterocycles. The van der Waals surface area contributed by atoms with Crippen LogP contribution in [-0.4, -0.2) is 20.7 Å². The van der Waals surface area contributed by atoms with E-state index in [0.717, 1.165) is 22.5 Å². The minimum Gasteiger partial charge on any atom is -0.366 e. The van der Waals surface area contributed by atoms with E-state index in [4.69, 9.17) is 5.73 Å². The predicted molar refractivity (Wildman–Crippen MR) is 80.4 cm³/mol. The van der Waals surface area contributed by atoms with E-state index in [-0.39, 0.29) is 0 Å². The summed E-state index contributed by atoms with van der Waals surface area (Å²) < 4.78 is 1.86. The molecule has 104 valence electrons. The Kier molecular flexibility index (Phi) is 3.23. The number of amides is 1. The van der Waals surface area contributed by atoms with Crippen LogP contribution in [0.2, 0.25) is 0 Å². The van der Waals surface area contributed by atoms with E-state index in [1.807, 2.05) is 48.0 Å². The summed E-state index contributed by atoms with van der Waals surface area (Å²) in [6.07, 6.45) is 1.66. The maximum atomic E-state index is 11.3. The number of hydrogen-bond acceptors (Lipinski definition) is 3. The van der Waals surface area contributed by atoms with Crippen molar-refractivity contribution < 1.29 is 4.79 Å². The summed E-state index contributed by atoms with van der Waals surface area (Å²) in [7, 11) is 1.89. The third-order valence-corrected chi connectivity index (χ3v) is 3.34. The van der Waals surface area contributed by atoms with Crippen molar-refractivity contribution in [1.29, 1.82) is 0 Å². The first kappa shape index (κ1) is 13.1. The van der Waals surface area contributed by atoms with Crippen LogP contribution in [0.3, 0.4) is 0 Å². The molecule has 1 heterocycles. The molecule has 5 nitrogen and oxygen atoms in total. The van der Waals surface area contributed by atoms with E-state index in [9.17, 15) is 4.79 Å². The molecular formula is C16H14N4O. The Balaban J connectivity index is 2.18. The highest BCUT2D eigenvalue weighted by Gasteiger charge is 2.12.